The lowest BCUT2D eigenvalue weighted by molar-refractivity contribution is 0.0540. The number of carbonyl (C=O) groups is 1. The summed E-state index contributed by atoms with van der Waals surface area (Å²) < 4.78 is 9.89. The van der Waals surface area contributed by atoms with Crippen LogP contribution in [0.25, 0.3) is 0 Å². The quantitative estimate of drug-likeness (QED) is 0.660. The van der Waals surface area contributed by atoms with Crippen molar-refractivity contribution < 1.29 is 14.3 Å². The zero-order valence-corrected chi connectivity index (χ0v) is 10.5. The maximum absolute atomic E-state index is 10.3. The fourth-order valence-corrected chi connectivity index (χ4v) is 1.77. The zero-order valence-electron chi connectivity index (χ0n) is 10.5. The van der Waals surface area contributed by atoms with Crippen molar-refractivity contribution in [3.05, 3.63) is 0 Å². The topological polar surface area (TPSA) is 76.8 Å². The van der Waals surface area contributed by atoms with Crippen LogP contribution in [0.2, 0.25) is 0 Å². The van der Waals surface area contributed by atoms with Crippen LogP contribution >= 0.6 is 0 Å². The number of nitrogens with zero attached hydrogens (tertiary/aromatic N) is 1. The summed E-state index contributed by atoms with van der Waals surface area (Å²) in [4.78, 5) is 10.3. The van der Waals surface area contributed by atoms with Crippen molar-refractivity contribution in [2.24, 2.45) is 11.7 Å². The van der Waals surface area contributed by atoms with Crippen molar-refractivity contribution in [3.63, 3.8) is 0 Å². The molecule has 1 amide bonds. The maximum atomic E-state index is 10.3. The molecule has 1 unspecified atom stereocenters. The van der Waals surface area contributed by atoms with Crippen molar-refractivity contribution >= 4 is 6.09 Å². The molecule has 1 rings (SSSR count). The molecule has 6 nitrogen and oxygen atoms in total. The van der Waals surface area contributed by atoms with E-state index in [2.05, 4.69) is 22.1 Å². The van der Waals surface area contributed by atoms with Gasteiger partial charge in [-0.1, -0.05) is 6.92 Å². The number of carbonyl (C=O) groups excluding carboxylic acids is 1. The van der Waals surface area contributed by atoms with Crippen LogP contribution in [0.5, 0.6) is 0 Å². The van der Waals surface area contributed by atoms with Gasteiger partial charge in [0.1, 0.15) is 6.61 Å². The van der Waals surface area contributed by atoms with Crippen molar-refractivity contribution in [1.82, 2.24) is 10.4 Å². The third kappa shape index (κ3) is 7.14. The molecule has 0 saturated carbocycles. The number of hydrogen-bond donors (Lipinski definition) is 2. The summed E-state index contributed by atoms with van der Waals surface area (Å²) in [5, 5.41) is 2.19. The maximum Gasteiger partial charge on any atom is 0.404 e. The van der Waals surface area contributed by atoms with Gasteiger partial charge in [0.2, 0.25) is 0 Å². The first kappa shape index (κ1) is 14.2. The molecule has 0 aliphatic carbocycles. The molecule has 3 N–H and O–H groups in total. The lowest BCUT2D eigenvalue weighted by atomic mass is 10.1. The molecular weight excluding hydrogens is 222 g/mol. The minimum atomic E-state index is -0.753. The Labute approximate surface area is 102 Å². The summed E-state index contributed by atoms with van der Waals surface area (Å²) in [6.07, 6.45) is 1.74. The Morgan fingerprint density at radius 1 is 1.47 bits per heavy atom. The van der Waals surface area contributed by atoms with Crippen molar-refractivity contribution in [3.8, 4) is 0 Å². The number of hydrazine groups is 1. The Morgan fingerprint density at radius 2 is 2.29 bits per heavy atom. The van der Waals surface area contributed by atoms with Crippen molar-refractivity contribution in [2.75, 3.05) is 39.5 Å². The van der Waals surface area contributed by atoms with Gasteiger partial charge in [0.05, 0.1) is 13.2 Å². The third-order valence-electron chi connectivity index (χ3n) is 2.77. The van der Waals surface area contributed by atoms with E-state index in [0.29, 0.717) is 13.2 Å². The van der Waals surface area contributed by atoms with E-state index in [0.717, 1.165) is 25.6 Å². The van der Waals surface area contributed by atoms with Crippen LogP contribution in [0.15, 0.2) is 0 Å². The molecule has 0 aromatic heterocycles. The lowest BCUT2D eigenvalue weighted by Crippen LogP contribution is -2.40. The summed E-state index contributed by atoms with van der Waals surface area (Å²) in [5.41, 5.74) is 8.21. The van der Waals surface area contributed by atoms with Gasteiger partial charge < -0.3 is 15.2 Å². The molecule has 1 heterocycles. The SMILES string of the molecule is CC1CCCN(CCOCCOC(N)=O)NC1. The van der Waals surface area contributed by atoms with Gasteiger partial charge in [-0.2, -0.15) is 0 Å². The number of amides is 1. The number of hydrogen-bond acceptors (Lipinski definition) is 5. The van der Waals surface area contributed by atoms with E-state index >= 15 is 0 Å². The third-order valence-corrected chi connectivity index (χ3v) is 2.77. The van der Waals surface area contributed by atoms with E-state index in [1.54, 1.807) is 0 Å². The van der Waals surface area contributed by atoms with Gasteiger partial charge in [-0.25, -0.2) is 9.80 Å². The van der Waals surface area contributed by atoms with Gasteiger partial charge in [-0.15, -0.1) is 0 Å². The van der Waals surface area contributed by atoms with Crippen molar-refractivity contribution in [2.45, 2.75) is 19.8 Å². The average Bonchev–Trinajstić information content (AvgIpc) is 2.48. The summed E-state index contributed by atoms with van der Waals surface area (Å²) in [6, 6.07) is 0. The molecule has 1 fully saturated rings. The number of nitrogens with two attached hydrogens (primary N) is 1. The minimum Gasteiger partial charge on any atom is -0.447 e. The smallest absolute Gasteiger partial charge is 0.404 e. The number of nitrogens with one attached hydrogen (secondary N) is 1. The molecule has 0 spiro atoms. The summed E-state index contributed by atoms with van der Waals surface area (Å²) in [7, 11) is 0. The Balaban J connectivity index is 1.96. The average molecular weight is 245 g/mol. The second kappa shape index (κ2) is 8.27. The van der Waals surface area contributed by atoms with Crippen LogP contribution in [0, 0.1) is 5.92 Å². The zero-order chi connectivity index (χ0) is 12.5. The molecule has 1 aliphatic rings. The molecule has 0 bridgehead atoms. The van der Waals surface area contributed by atoms with Gasteiger partial charge in [0.15, 0.2) is 0 Å². The second-order valence-electron chi connectivity index (χ2n) is 4.38. The van der Waals surface area contributed by atoms with Gasteiger partial charge in [-0.05, 0) is 18.8 Å². The van der Waals surface area contributed by atoms with E-state index in [1.807, 2.05) is 0 Å². The van der Waals surface area contributed by atoms with E-state index in [1.165, 1.54) is 12.8 Å². The van der Waals surface area contributed by atoms with Crippen LogP contribution in [-0.2, 0) is 9.47 Å². The number of rotatable bonds is 6. The fourth-order valence-electron chi connectivity index (χ4n) is 1.77. The predicted molar refractivity (Wildman–Crippen MR) is 64.3 cm³/mol. The molecule has 1 aliphatic heterocycles. The molecule has 1 atom stereocenters. The van der Waals surface area contributed by atoms with E-state index in [4.69, 9.17) is 10.5 Å². The highest BCUT2D eigenvalue weighted by molar-refractivity contribution is 5.64. The van der Waals surface area contributed by atoms with Gasteiger partial charge >= 0.3 is 6.09 Å². The van der Waals surface area contributed by atoms with Crippen LogP contribution in [-0.4, -0.2) is 50.6 Å². The number of primary amides is 1. The van der Waals surface area contributed by atoms with Gasteiger partial charge in [-0.3, -0.25) is 5.43 Å². The van der Waals surface area contributed by atoms with E-state index in [-0.39, 0.29) is 6.61 Å². The highest BCUT2D eigenvalue weighted by Crippen LogP contribution is 2.08. The largest absolute Gasteiger partial charge is 0.447 e. The Kier molecular flexibility index (Phi) is 6.91. The standard InChI is InChI=1S/C11H23N3O3/c1-10-3-2-4-14(13-9-10)5-6-16-7-8-17-11(12)15/h10,13H,2-9H2,1H3,(H2,12,15). The summed E-state index contributed by atoms with van der Waals surface area (Å²) in [5.74, 6) is 0.741. The fraction of sp³-hybridized carbons (Fsp3) is 0.909. The van der Waals surface area contributed by atoms with Crippen molar-refractivity contribution in [1.29, 1.82) is 0 Å². The Morgan fingerprint density at radius 3 is 3.06 bits per heavy atom. The van der Waals surface area contributed by atoms with Crippen LogP contribution < -0.4 is 11.2 Å². The molecule has 0 aromatic rings. The van der Waals surface area contributed by atoms with E-state index in [9.17, 15) is 4.79 Å². The van der Waals surface area contributed by atoms with Crippen LogP contribution in [0.4, 0.5) is 4.79 Å². The molecule has 100 valence electrons. The Hall–Kier alpha value is -0.850. The lowest BCUT2D eigenvalue weighted by Gasteiger charge is -2.20. The first-order valence-electron chi connectivity index (χ1n) is 6.17. The van der Waals surface area contributed by atoms with Crippen LogP contribution in [0.3, 0.4) is 0 Å². The highest BCUT2D eigenvalue weighted by atomic mass is 16.6. The molecule has 17 heavy (non-hydrogen) atoms. The summed E-state index contributed by atoms with van der Waals surface area (Å²) in [6.45, 7) is 6.45. The first-order chi connectivity index (χ1) is 8.18. The van der Waals surface area contributed by atoms with Gasteiger partial charge in [0.25, 0.3) is 0 Å². The molecule has 0 radical (unpaired) electrons. The molecule has 6 heteroatoms. The summed E-state index contributed by atoms with van der Waals surface area (Å²) >= 11 is 0. The molecular formula is C11H23N3O3. The normalized spacial score (nSPS) is 22.1. The first-order valence-corrected chi connectivity index (χ1v) is 6.17. The Bertz CT molecular complexity index is 226. The minimum absolute atomic E-state index is 0.222. The monoisotopic (exact) mass is 245 g/mol. The molecule has 1 saturated heterocycles. The molecule has 0 aromatic carbocycles. The second-order valence-corrected chi connectivity index (χ2v) is 4.38. The van der Waals surface area contributed by atoms with E-state index < -0.39 is 6.09 Å². The predicted octanol–water partition coefficient (Wildman–Crippen LogP) is 0.335. The van der Waals surface area contributed by atoms with Crippen LogP contribution in [0.1, 0.15) is 19.8 Å². The highest BCUT2D eigenvalue weighted by Gasteiger charge is 2.12. The number of ether oxygens (including phenoxy) is 2. The van der Waals surface area contributed by atoms with Gasteiger partial charge in [0, 0.05) is 19.6 Å².